The van der Waals surface area contributed by atoms with Crippen molar-refractivity contribution in [1.29, 1.82) is 0 Å². The van der Waals surface area contributed by atoms with Gasteiger partial charge in [0, 0.05) is 31.2 Å². The molecule has 1 heteroatoms. The number of rotatable bonds is 2. The molecule has 1 aliphatic carbocycles. The van der Waals surface area contributed by atoms with Crippen molar-refractivity contribution in [2.75, 3.05) is 0 Å². The number of benzene rings is 8. The highest BCUT2D eigenvalue weighted by Crippen LogP contribution is 2.58. The molecule has 0 N–H and O–H groups in total. The van der Waals surface area contributed by atoms with Gasteiger partial charge in [0.2, 0.25) is 0 Å². The second-order valence-electron chi connectivity index (χ2n) is 13.2. The minimum atomic E-state index is -0.108. The van der Waals surface area contributed by atoms with Crippen molar-refractivity contribution in [2.24, 2.45) is 0 Å². The highest BCUT2D eigenvalue weighted by molar-refractivity contribution is 7.27. The van der Waals surface area contributed by atoms with Crippen LogP contribution in [0.4, 0.5) is 0 Å². The van der Waals surface area contributed by atoms with Crippen molar-refractivity contribution in [2.45, 2.75) is 19.3 Å². The summed E-state index contributed by atoms with van der Waals surface area (Å²) in [4.78, 5) is 0. The van der Waals surface area contributed by atoms with E-state index in [1.165, 1.54) is 97.0 Å². The summed E-state index contributed by atoms with van der Waals surface area (Å²) in [6, 6.07) is 54.2. The second kappa shape index (κ2) is 9.39. The average Bonchev–Trinajstić information content (AvgIpc) is 3.60. The molecule has 0 bridgehead atoms. The summed E-state index contributed by atoms with van der Waals surface area (Å²) in [7, 11) is 0. The zero-order valence-corrected chi connectivity index (χ0v) is 26.6. The van der Waals surface area contributed by atoms with Gasteiger partial charge in [0.25, 0.3) is 0 Å². The average molecular weight is 603 g/mol. The summed E-state index contributed by atoms with van der Waals surface area (Å²) in [6.07, 6.45) is 0. The fourth-order valence-corrected chi connectivity index (χ4v) is 9.79. The predicted molar refractivity (Wildman–Crippen MR) is 200 cm³/mol. The van der Waals surface area contributed by atoms with Crippen LogP contribution in [0.3, 0.4) is 0 Å². The van der Waals surface area contributed by atoms with Crippen LogP contribution < -0.4 is 0 Å². The molecular weight excluding hydrogens is 573 g/mol. The summed E-state index contributed by atoms with van der Waals surface area (Å²) in [5, 5.41) is 10.5. The van der Waals surface area contributed by atoms with Crippen molar-refractivity contribution in [3.8, 4) is 33.4 Å². The first-order valence-corrected chi connectivity index (χ1v) is 16.9. The SMILES string of the molecule is CC1(C)c2ccccc2-c2c1cc(-c1c3ccccc3c(-c3ccccc3)c3ccccc13)c1c2sc2c3ccccc3ccc21. The van der Waals surface area contributed by atoms with E-state index >= 15 is 0 Å². The molecule has 0 nitrogen and oxygen atoms in total. The molecule has 0 radical (unpaired) electrons. The molecule has 0 saturated heterocycles. The first kappa shape index (κ1) is 26.0. The molecule has 216 valence electrons. The third kappa shape index (κ3) is 3.39. The molecule has 0 spiro atoms. The van der Waals surface area contributed by atoms with Gasteiger partial charge >= 0.3 is 0 Å². The lowest BCUT2D eigenvalue weighted by Crippen LogP contribution is -2.15. The maximum absolute atomic E-state index is 2.56. The van der Waals surface area contributed by atoms with Crippen LogP contribution in [0.25, 0.3) is 85.9 Å². The first-order valence-electron chi connectivity index (χ1n) is 16.1. The van der Waals surface area contributed by atoms with E-state index in [2.05, 4.69) is 159 Å². The normalized spacial score (nSPS) is 13.6. The van der Waals surface area contributed by atoms with E-state index in [4.69, 9.17) is 0 Å². The lowest BCUT2D eigenvalue weighted by atomic mass is 9.79. The van der Waals surface area contributed by atoms with Crippen molar-refractivity contribution in [3.05, 3.63) is 157 Å². The number of thiophene rings is 1. The molecule has 0 atom stereocenters. The van der Waals surface area contributed by atoms with Crippen molar-refractivity contribution < 1.29 is 0 Å². The lowest BCUT2D eigenvalue weighted by Gasteiger charge is -2.24. The molecule has 1 aliphatic rings. The topological polar surface area (TPSA) is 0 Å². The summed E-state index contributed by atoms with van der Waals surface area (Å²) >= 11 is 1.98. The Morgan fingerprint density at radius 3 is 1.72 bits per heavy atom. The van der Waals surface area contributed by atoms with Gasteiger partial charge in [-0.05, 0) is 77.3 Å². The second-order valence-corrected chi connectivity index (χ2v) is 14.2. The predicted octanol–water partition coefficient (Wildman–Crippen LogP) is 13.2. The smallest absolute Gasteiger partial charge is 0.0443 e. The Bertz CT molecular complexity index is 2650. The zero-order chi connectivity index (χ0) is 30.6. The van der Waals surface area contributed by atoms with E-state index in [-0.39, 0.29) is 5.41 Å². The van der Waals surface area contributed by atoms with Crippen LogP contribution in [0.15, 0.2) is 146 Å². The molecule has 1 aromatic heterocycles. The molecule has 46 heavy (non-hydrogen) atoms. The van der Waals surface area contributed by atoms with Crippen LogP contribution in [0.1, 0.15) is 25.0 Å². The monoisotopic (exact) mass is 602 g/mol. The fourth-order valence-electron chi connectivity index (χ4n) is 8.36. The van der Waals surface area contributed by atoms with Crippen LogP contribution >= 0.6 is 11.3 Å². The largest absolute Gasteiger partial charge is 0.134 e. The molecule has 9 aromatic rings. The standard InChI is InChI=1S/C45H30S/c1-45(2)37-23-13-12-22-34(37)42-38(45)26-36(41-35-25-24-27-14-6-7-17-29(27)43(35)46-44(41)42)40-32-20-10-8-18-30(32)39(28-15-4-3-5-16-28)31-19-9-11-21-33(31)40/h3-26H,1-2H3. The highest BCUT2D eigenvalue weighted by atomic mass is 32.1. The minimum absolute atomic E-state index is 0.108. The number of hydrogen-bond acceptors (Lipinski definition) is 1. The molecule has 10 rings (SSSR count). The van der Waals surface area contributed by atoms with E-state index in [0.29, 0.717) is 0 Å². The number of fused-ring (bicyclic) bond motifs is 11. The molecule has 0 aliphatic heterocycles. The fraction of sp³-hybridized carbons (Fsp3) is 0.0667. The van der Waals surface area contributed by atoms with Gasteiger partial charge in [-0.2, -0.15) is 0 Å². The summed E-state index contributed by atoms with van der Waals surface area (Å²) in [5.74, 6) is 0. The first-order chi connectivity index (χ1) is 22.6. The van der Waals surface area contributed by atoms with Gasteiger partial charge in [-0.3, -0.25) is 0 Å². The van der Waals surface area contributed by atoms with E-state index in [1.54, 1.807) is 0 Å². The quantitative estimate of drug-likeness (QED) is 0.173. The molecule has 0 amide bonds. The molecule has 0 fully saturated rings. The third-order valence-electron chi connectivity index (χ3n) is 10.4. The van der Waals surface area contributed by atoms with Gasteiger partial charge in [0.05, 0.1) is 0 Å². The van der Waals surface area contributed by atoms with Gasteiger partial charge in [-0.1, -0.05) is 153 Å². The zero-order valence-electron chi connectivity index (χ0n) is 25.8. The van der Waals surface area contributed by atoms with Gasteiger partial charge in [0.1, 0.15) is 0 Å². The summed E-state index contributed by atoms with van der Waals surface area (Å²) in [6.45, 7) is 4.81. The van der Waals surface area contributed by atoms with Crippen LogP contribution in [0.5, 0.6) is 0 Å². The third-order valence-corrected chi connectivity index (χ3v) is 11.7. The van der Waals surface area contributed by atoms with E-state index in [1.807, 2.05) is 11.3 Å². The maximum atomic E-state index is 2.56. The van der Waals surface area contributed by atoms with Crippen LogP contribution in [0, 0.1) is 0 Å². The van der Waals surface area contributed by atoms with Crippen LogP contribution in [0.2, 0.25) is 0 Å². The Balaban J connectivity index is 1.45. The van der Waals surface area contributed by atoms with E-state index in [9.17, 15) is 0 Å². The Kier molecular flexibility index (Phi) is 5.31. The number of hydrogen-bond donors (Lipinski definition) is 0. The minimum Gasteiger partial charge on any atom is -0.134 e. The molecule has 8 aromatic carbocycles. The molecule has 1 heterocycles. The van der Waals surface area contributed by atoms with Crippen molar-refractivity contribution in [3.63, 3.8) is 0 Å². The Labute approximate surface area is 272 Å². The molecular formula is C45H30S. The van der Waals surface area contributed by atoms with Gasteiger partial charge in [-0.15, -0.1) is 11.3 Å². The van der Waals surface area contributed by atoms with Crippen LogP contribution in [-0.2, 0) is 5.41 Å². The highest BCUT2D eigenvalue weighted by Gasteiger charge is 2.38. The van der Waals surface area contributed by atoms with E-state index in [0.717, 1.165) is 0 Å². The van der Waals surface area contributed by atoms with Gasteiger partial charge in [0.15, 0.2) is 0 Å². The van der Waals surface area contributed by atoms with Gasteiger partial charge < -0.3 is 0 Å². The molecule has 0 unspecified atom stereocenters. The lowest BCUT2D eigenvalue weighted by molar-refractivity contribution is 0.661. The van der Waals surface area contributed by atoms with Crippen LogP contribution in [-0.4, -0.2) is 0 Å². The molecule has 0 saturated carbocycles. The summed E-state index contributed by atoms with van der Waals surface area (Å²) < 4.78 is 2.77. The Morgan fingerprint density at radius 1 is 0.413 bits per heavy atom. The van der Waals surface area contributed by atoms with E-state index < -0.39 is 0 Å². The Hall–Kier alpha value is -5.24. The van der Waals surface area contributed by atoms with Gasteiger partial charge in [-0.25, -0.2) is 0 Å². The Morgan fingerprint density at radius 2 is 1.00 bits per heavy atom. The van der Waals surface area contributed by atoms with Crippen molar-refractivity contribution >= 4 is 63.8 Å². The maximum Gasteiger partial charge on any atom is 0.0443 e. The summed E-state index contributed by atoms with van der Waals surface area (Å²) in [5.41, 5.74) is 10.8. The van der Waals surface area contributed by atoms with Crippen molar-refractivity contribution in [1.82, 2.24) is 0 Å².